The van der Waals surface area contributed by atoms with Gasteiger partial charge in [0, 0.05) is 17.3 Å². The van der Waals surface area contributed by atoms with Crippen LogP contribution in [0.5, 0.6) is 0 Å². The molecule has 0 bridgehead atoms. The first-order valence-corrected chi connectivity index (χ1v) is 6.32. The Bertz CT molecular complexity index is 499. The minimum Gasteiger partial charge on any atom is -0.478 e. The van der Waals surface area contributed by atoms with Crippen LogP contribution < -0.4 is 10.6 Å². The van der Waals surface area contributed by atoms with E-state index in [4.69, 9.17) is 5.11 Å². The zero-order valence-electron chi connectivity index (χ0n) is 11.9. The van der Waals surface area contributed by atoms with Gasteiger partial charge in [0.2, 0.25) is 5.91 Å². The lowest BCUT2D eigenvalue weighted by Crippen LogP contribution is -2.41. The lowest BCUT2D eigenvalue weighted by molar-refractivity contribution is -0.131. The maximum atomic E-state index is 11.7. The molecular formula is C15H20N2O3. The molecule has 1 amide bonds. The van der Waals surface area contributed by atoms with Crippen molar-refractivity contribution in [3.63, 3.8) is 0 Å². The molecule has 0 aliphatic rings. The number of anilines is 1. The summed E-state index contributed by atoms with van der Waals surface area (Å²) >= 11 is 0. The SMILES string of the molecule is CC(C)(C)NCC(=O)Nc1ccc(/C=C/C(=O)O)cc1. The number of hydrogen-bond donors (Lipinski definition) is 3. The minimum absolute atomic E-state index is 0.108. The molecule has 5 nitrogen and oxygen atoms in total. The predicted octanol–water partition coefficient (Wildman–Crippen LogP) is 2.11. The van der Waals surface area contributed by atoms with E-state index in [0.29, 0.717) is 5.69 Å². The predicted molar refractivity (Wildman–Crippen MR) is 79.5 cm³/mol. The van der Waals surface area contributed by atoms with E-state index in [0.717, 1.165) is 11.6 Å². The number of carboxylic acid groups (broad SMARTS) is 1. The van der Waals surface area contributed by atoms with Crippen LogP contribution in [0.3, 0.4) is 0 Å². The van der Waals surface area contributed by atoms with Gasteiger partial charge in [-0.15, -0.1) is 0 Å². The Kier molecular flexibility index (Phi) is 5.46. The molecule has 0 atom stereocenters. The average molecular weight is 276 g/mol. The Morgan fingerprint density at radius 3 is 2.30 bits per heavy atom. The van der Waals surface area contributed by atoms with Crippen LogP contribution in [0, 0.1) is 0 Å². The second-order valence-electron chi connectivity index (χ2n) is 5.45. The van der Waals surface area contributed by atoms with Gasteiger partial charge >= 0.3 is 5.97 Å². The minimum atomic E-state index is -0.990. The number of nitrogens with one attached hydrogen (secondary N) is 2. The zero-order valence-corrected chi connectivity index (χ0v) is 11.9. The fraction of sp³-hybridized carbons (Fsp3) is 0.333. The van der Waals surface area contributed by atoms with Gasteiger partial charge in [0.15, 0.2) is 0 Å². The molecule has 0 unspecified atom stereocenters. The third-order valence-electron chi connectivity index (χ3n) is 2.39. The Hall–Kier alpha value is -2.14. The molecule has 0 spiro atoms. The van der Waals surface area contributed by atoms with Crippen LogP contribution in [-0.4, -0.2) is 29.1 Å². The topological polar surface area (TPSA) is 78.4 Å². The van der Waals surface area contributed by atoms with E-state index >= 15 is 0 Å². The third-order valence-corrected chi connectivity index (χ3v) is 2.39. The highest BCUT2D eigenvalue weighted by Crippen LogP contribution is 2.10. The number of carbonyl (C=O) groups excluding carboxylic acids is 1. The molecule has 0 heterocycles. The van der Waals surface area contributed by atoms with Gasteiger partial charge in [-0.3, -0.25) is 4.79 Å². The number of carbonyl (C=O) groups is 2. The highest BCUT2D eigenvalue weighted by Gasteiger charge is 2.11. The standard InChI is InChI=1S/C15H20N2O3/c1-15(2,3)16-10-13(18)17-12-7-4-11(5-8-12)6-9-14(19)20/h4-9,16H,10H2,1-3H3,(H,17,18)(H,19,20)/b9-6+. The fourth-order valence-corrected chi connectivity index (χ4v) is 1.40. The highest BCUT2D eigenvalue weighted by molar-refractivity contribution is 5.92. The van der Waals surface area contributed by atoms with Gasteiger partial charge in [-0.2, -0.15) is 0 Å². The van der Waals surface area contributed by atoms with Crippen molar-refractivity contribution in [1.82, 2.24) is 5.32 Å². The molecule has 5 heteroatoms. The van der Waals surface area contributed by atoms with Crippen molar-refractivity contribution >= 4 is 23.6 Å². The maximum absolute atomic E-state index is 11.7. The number of rotatable bonds is 5. The van der Waals surface area contributed by atoms with E-state index in [2.05, 4.69) is 10.6 Å². The number of amides is 1. The monoisotopic (exact) mass is 276 g/mol. The summed E-state index contributed by atoms with van der Waals surface area (Å²) in [5, 5.41) is 14.4. The molecule has 0 saturated heterocycles. The van der Waals surface area contributed by atoms with Gasteiger partial charge in [-0.25, -0.2) is 4.79 Å². The number of benzene rings is 1. The van der Waals surface area contributed by atoms with E-state index in [1.54, 1.807) is 24.3 Å². The van der Waals surface area contributed by atoms with Crippen molar-refractivity contribution in [3.05, 3.63) is 35.9 Å². The van der Waals surface area contributed by atoms with Crippen molar-refractivity contribution in [3.8, 4) is 0 Å². The van der Waals surface area contributed by atoms with E-state index in [-0.39, 0.29) is 18.0 Å². The van der Waals surface area contributed by atoms with Gasteiger partial charge < -0.3 is 15.7 Å². The Morgan fingerprint density at radius 1 is 1.20 bits per heavy atom. The lowest BCUT2D eigenvalue weighted by Gasteiger charge is -2.20. The van der Waals surface area contributed by atoms with Crippen molar-refractivity contribution in [2.45, 2.75) is 26.3 Å². The molecule has 0 aliphatic carbocycles. The number of carboxylic acids is 1. The fourth-order valence-electron chi connectivity index (χ4n) is 1.40. The van der Waals surface area contributed by atoms with Crippen LogP contribution in [0.15, 0.2) is 30.3 Å². The Balaban J connectivity index is 2.53. The van der Waals surface area contributed by atoms with Crippen molar-refractivity contribution in [1.29, 1.82) is 0 Å². The van der Waals surface area contributed by atoms with Crippen LogP contribution in [0.4, 0.5) is 5.69 Å². The number of aliphatic carboxylic acids is 1. The normalized spacial score (nSPS) is 11.6. The summed E-state index contributed by atoms with van der Waals surface area (Å²) in [6.45, 7) is 6.21. The van der Waals surface area contributed by atoms with E-state index in [1.165, 1.54) is 6.08 Å². The van der Waals surface area contributed by atoms with Gasteiger partial charge in [0.1, 0.15) is 0 Å². The van der Waals surface area contributed by atoms with Gasteiger partial charge in [0.05, 0.1) is 6.54 Å². The second kappa shape index (κ2) is 6.86. The summed E-state index contributed by atoms with van der Waals surface area (Å²) in [4.78, 5) is 22.1. The van der Waals surface area contributed by atoms with Gasteiger partial charge in [-0.1, -0.05) is 12.1 Å². The molecule has 0 aliphatic heterocycles. The summed E-state index contributed by atoms with van der Waals surface area (Å²) in [5.41, 5.74) is 1.33. The summed E-state index contributed by atoms with van der Waals surface area (Å²) < 4.78 is 0. The smallest absolute Gasteiger partial charge is 0.328 e. The largest absolute Gasteiger partial charge is 0.478 e. The molecule has 1 aromatic carbocycles. The highest BCUT2D eigenvalue weighted by atomic mass is 16.4. The number of hydrogen-bond acceptors (Lipinski definition) is 3. The molecule has 1 rings (SSSR count). The van der Waals surface area contributed by atoms with E-state index in [9.17, 15) is 9.59 Å². The summed E-state index contributed by atoms with van der Waals surface area (Å²) in [5.74, 6) is -1.11. The van der Waals surface area contributed by atoms with Crippen LogP contribution >= 0.6 is 0 Å². The summed E-state index contributed by atoms with van der Waals surface area (Å²) in [6, 6.07) is 6.95. The molecule has 0 aromatic heterocycles. The molecule has 0 saturated carbocycles. The summed E-state index contributed by atoms with van der Waals surface area (Å²) in [6.07, 6.45) is 2.57. The molecule has 1 aromatic rings. The second-order valence-corrected chi connectivity index (χ2v) is 5.45. The van der Waals surface area contributed by atoms with E-state index < -0.39 is 5.97 Å². The van der Waals surface area contributed by atoms with Crippen LogP contribution in [0.25, 0.3) is 6.08 Å². The molecule has 20 heavy (non-hydrogen) atoms. The van der Waals surface area contributed by atoms with Crippen molar-refractivity contribution in [2.24, 2.45) is 0 Å². The third kappa shape index (κ3) is 6.70. The first kappa shape index (κ1) is 15.9. The first-order chi connectivity index (χ1) is 9.26. The molecule has 0 radical (unpaired) electrons. The van der Waals surface area contributed by atoms with Gasteiger partial charge in [-0.05, 0) is 44.5 Å². The van der Waals surface area contributed by atoms with Crippen molar-refractivity contribution in [2.75, 3.05) is 11.9 Å². The zero-order chi connectivity index (χ0) is 15.2. The van der Waals surface area contributed by atoms with Crippen molar-refractivity contribution < 1.29 is 14.7 Å². The van der Waals surface area contributed by atoms with Crippen LogP contribution in [-0.2, 0) is 9.59 Å². The quantitative estimate of drug-likeness (QED) is 0.720. The Morgan fingerprint density at radius 2 is 1.80 bits per heavy atom. The van der Waals surface area contributed by atoms with Gasteiger partial charge in [0.25, 0.3) is 0 Å². The van der Waals surface area contributed by atoms with Crippen LogP contribution in [0.2, 0.25) is 0 Å². The summed E-state index contributed by atoms with van der Waals surface area (Å²) in [7, 11) is 0. The van der Waals surface area contributed by atoms with E-state index in [1.807, 2.05) is 20.8 Å². The van der Waals surface area contributed by atoms with Crippen LogP contribution in [0.1, 0.15) is 26.3 Å². The average Bonchev–Trinajstić information content (AvgIpc) is 2.35. The molecule has 3 N–H and O–H groups in total. The maximum Gasteiger partial charge on any atom is 0.328 e. The first-order valence-electron chi connectivity index (χ1n) is 6.32. The molecule has 108 valence electrons. The molecule has 0 fully saturated rings. The lowest BCUT2D eigenvalue weighted by atomic mass is 10.1. The molecular weight excluding hydrogens is 256 g/mol. The Labute approximate surface area is 118 Å².